The first-order chi connectivity index (χ1) is 25.3. The molecule has 4 aromatic heterocycles. The Morgan fingerprint density at radius 3 is 2.42 bits per heavy atom. The molecule has 4 aromatic rings. The lowest BCUT2D eigenvalue weighted by Gasteiger charge is -2.28. The lowest BCUT2D eigenvalue weighted by Crippen LogP contribution is -2.35. The number of imidazole rings is 1. The van der Waals surface area contributed by atoms with Gasteiger partial charge in [-0.1, -0.05) is 0 Å². The highest BCUT2D eigenvalue weighted by Gasteiger charge is 2.55. The van der Waals surface area contributed by atoms with E-state index in [9.17, 15) is 19.0 Å². The number of hydrogen-bond acceptors (Lipinski definition) is 21. The summed E-state index contributed by atoms with van der Waals surface area (Å²) in [4.78, 5) is 32.6. The van der Waals surface area contributed by atoms with Crippen molar-refractivity contribution in [1.29, 1.82) is 0 Å². The van der Waals surface area contributed by atoms with Gasteiger partial charge in [-0.15, -0.1) is 0 Å². The molecule has 3 aliphatic heterocycles. The summed E-state index contributed by atoms with van der Waals surface area (Å²) in [6.45, 7) is -6.80. The number of aliphatic hydroxyl groups is 1. The van der Waals surface area contributed by atoms with Crippen LogP contribution in [0.25, 0.3) is 22.2 Å². The maximum absolute atomic E-state index is 16.5. The Morgan fingerprint density at radius 1 is 0.981 bits per heavy atom. The predicted octanol–water partition coefficient (Wildman–Crippen LogP) is 3.58. The molecule has 8 unspecified atom stereocenters. The number of nitrogens with zero attached hydrogens (tertiary/aromatic N) is 7. The van der Waals surface area contributed by atoms with Crippen LogP contribution in [0.15, 0.2) is 31.2 Å². The fraction of sp³-hybridized carbons (Fsp3) is 0.556. The summed E-state index contributed by atoms with van der Waals surface area (Å²) in [5, 5.41) is 12.0. The molecular formula is C27H34FN9O12P2S2. The van der Waals surface area contributed by atoms with Crippen molar-refractivity contribution in [2.45, 2.75) is 69.1 Å². The Kier molecular flexibility index (Phi) is 10.9. The first-order valence-electron chi connectivity index (χ1n) is 15.8. The number of rotatable bonds is 7. The number of anilines is 2. The normalized spacial score (nSPS) is 33.7. The van der Waals surface area contributed by atoms with E-state index in [-0.39, 0.29) is 28.4 Å². The summed E-state index contributed by atoms with van der Waals surface area (Å²) in [6.07, 6.45) is -7.08. The maximum atomic E-state index is 16.5. The number of ether oxygens (including phenoxy) is 4. The second-order valence-corrected chi connectivity index (χ2v) is 20.1. The molecule has 0 spiro atoms. The Balaban J connectivity index is 1.24. The number of fused-ring (bicyclic) bond motifs is 5. The van der Waals surface area contributed by atoms with Crippen molar-refractivity contribution in [3.8, 4) is 0 Å². The van der Waals surface area contributed by atoms with Crippen LogP contribution in [0.5, 0.6) is 0 Å². The summed E-state index contributed by atoms with van der Waals surface area (Å²) in [6, 6.07) is 1.61. The number of hydrogen-bond donors (Lipinski definition) is 3. The Bertz CT molecular complexity index is 2080. The summed E-state index contributed by atoms with van der Waals surface area (Å²) in [5.74, 6) is -0.390. The molecule has 3 aliphatic rings. The lowest BCUT2D eigenvalue weighted by atomic mass is 10.1. The Hall–Kier alpha value is -3.15. The average Bonchev–Trinajstić information content (AvgIpc) is 3.88. The highest BCUT2D eigenvalue weighted by atomic mass is 32.7. The predicted molar refractivity (Wildman–Crippen MR) is 186 cm³/mol. The number of alkyl halides is 1. The minimum atomic E-state index is -4.55. The standard InChI is InChI=1S/C27H34FN9O12P2S2/c1-12(2)45-27(39)42-11-53-51(41)44-7-15-19(16(28)25(47-15)37-10-35-17-22(30)32-9-34-24(17)37)48-50(40,52-3)43-6-14-18(38)20(49-51)26(46-14)36-5-4-13-21(29)31-8-33-23(13)36/h4-5,8-10,12,14-16,18-20,25-26,38H,6-7,11H2,1-3H3,(H2,29,31,33)(H2,30,32,34)/t14?,15-,16?,18?,19?,20?,25-,26?,50?,51?/m1/s1. The molecule has 2 bridgehead atoms. The zero-order chi connectivity index (χ0) is 37.7. The second kappa shape index (κ2) is 15.2. The molecule has 3 saturated heterocycles. The van der Waals surface area contributed by atoms with Crippen molar-refractivity contribution < 1.29 is 60.5 Å². The highest BCUT2D eigenvalue weighted by Crippen LogP contribution is 2.65. The molecule has 7 rings (SSSR count). The number of carbonyl (C=O) groups excluding carboxylic acids is 1. The minimum Gasteiger partial charge on any atom is -0.432 e. The van der Waals surface area contributed by atoms with Crippen molar-refractivity contribution in [2.75, 3.05) is 36.9 Å². The fourth-order valence-corrected chi connectivity index (χ4v) is 10.8. The first-order valence-corrected chi connectivity index (χ1v) is 22.3. The van der Waals surface area contributed by atoms with E-state index in [2.05, 4.69) is 24.9 Å². The highest BCUT2D eigenvalue weighted by molar-refractivity contribution is 8.55. The van der Waals surface area contributed by atoms with Gasteiger partial charge in [-0.05, 0) is 37.6 Å². The first kappa shape index (κ1) is 38.1. The number of nitrogens with two attached hydrogens (primary N) is 2. The zero-order valence-corrected chi connectivity index (χ0v) is 31.4. The van der Waals surface area contributed by atoms with Crippen LogP contribution in [0.2, 0.25) is 0 Å². The third-order valence-corrected chi connectivity index (χ3v) is 15.0. The molecule has 26 heteroatoms. The molecule has 0 amide bonds. The van der Waals surface area contributed by atoms with Gasteiger partial charge < -0.3 is 40.1 Å². The van der Waals surface area contributed by atoms with Crippen LogP contribution in [0, 0.1) is 0 Å². The minimum absolute atomic E-state index is 0.0420. The van der Waals surface area contributed by atoms with Crippen molar-refractivity contribution in [1.82, 2.24) is 34.1 Å². The smallest absolute Gasteiger partial charge is 0.432 e. The molecule has 0 radical (unpaired) electrons. The third kappa shape index (κ3) is 7.59. The van der Waals surface area contributed by atoms with Gasteiger partial charge in [0.05, 0.1) is 31.0 Å². The number of aromatic nitrogens is 7. The van der Waals surface area contributed by atoms with Gasteiger partial charge in [-0.3, -0.25) is 22.7 Å². The summed E-state index contributed by atoms with van der Waals surface area (Å²) in [7, 11) is 0. The molecule has 0 aliphatic carbocycles. The van der Waals surface area contributed by atoms with E-state index in [0.717, 1.165) is 0 Å². The maximum Gasteiger partial charge on any atom is 0.509 e. The SMILES string of the molecule is CSP1(=O)OCC2OC(n3ccc4c(N)ncnc43)C(OP(=O)(SCOC(=O)OC(C)C)OC[C@H]3O[C@@H](n4cnc5c(N)ncnc54)C(F)C3O1)C2O. The largest absolute Gasteiger partial charge is 0.509 e. The molecule has 53 heavy (non-hydrogen) atoms. The monoisotopic (exact) mass is 821 g/mol. The van der Waals surface area contributed by atoms with Crippen molar-refractivity contribution in [3.05, 3.63) is 31.2 Å². The topological polar surface area (TPSA) is 272 Å². The molecule has 288 valence electrons. The molecule has 7 heterocycles. The van der Waals surface area contributed by atoms with Crippen LogP contribution in [0.4, 0.5) is 20.8 Å². The fourth-order valence-electron chi connectivity index (χ4n) is 5.84. The molecule has 0 aromatic carbocycles. The second-order valence-electron chi connectivity index (χ2n) is 12.0. The zero-order valence-electron chi connectivity index (χ0n) is 28.0. The molecule has 3 fully saturated rings. The van der Waals surface area contributed by atoms with Crippen molar-refractivity contribution in [2.24, 2.45) is 0 Å². The van der Waals surface area contributed by atoms with Gasteiger partial charge in [0.15, 0.2) is 36.0 Å². The Labute approximate surface area is 307 Å². The third-order valence-electron chi connectivity index (χ3n) is 8.29. The van der Waals surface area contributed by atoms with E-state index in [1.807, 2.05) is 0 Å². The molecule has 10 atom stereocenters. The van der Waals surface area contributed by atoms with Crippen LogP contribution >= 0.6 is 36.4 Å². The molecular weight excluding hydrogens is 787 g/mol. The van der Waals surface area contributed by atoms with Crippen LogP contribution in [0.3, 0.4) is 0 Å². The van der Waals surface area contributed by atoms with Gasteiger partial charge in [0.2, 0.25) is 0 Å². The quantitative estimate of drug-likeness (QED) is 0.136. The van der Waals surface area contributed by atoms with Gasteiger partial charge in [-0.25, -0.2) is 43.2 Å². The number of carbonyl (C=O) groups is 1. The van der Waals surface area contributed by atoms with E-state index < -0.39 is 94.2 Å². The van der Waals surface area contributed by atoms with Gasteiger partial charge in [0, 0.05) is 17.6 Å². The molecule has 0 saturated carbocycles. The summed E-state index contributed by atoms with van der Waals surface area (Å²) >= 11 is 1.11. The molecule has 21 nitrogen and oxygen atoms in total. The van der Waals surface area contributed by atoms with Crippen LogP contribution in [-0.4, -0.2) is 114 Å². The van der Waals surface area contributed by atoms with Crippen LogP contribution in [0.1, 0.15) is 26.3 Å². The Morgan fingerprint density at radius 2 is 1.66 bits per heavy atom. The van der Waals surface area contributed by atoms with Crippen molar-refractivity contribution in [3.63, 3.8) is 0 Å². The van der Waals surface area contributed by atoms with Gasteiger partial charge >= 0.3 is 19.8 Å². The van der Waals surface area contributed by atoms with E-state index in [1.54, 1.807) is 26.1 Å². The van der Waals surface area contributed by atoms with Crippen LogP contribution < -0.4 is 11.5 Å². The van der Waals surface area contributed by atoms with E-state index in [0.29, 0.717) is 28.1 Å². The van der Waals surface area contributed by atoms with Crippen LogP contribution in [-0.2, 0) is 46.2 Å². The number of nitrogen functional groups attached to an aromatic ring is 2. The average molecular weight is 822 g/mol. The number of aliphatic hydroxyl groups excluding tert-OH is 1. The van der Waals surface area contributed by atoms with E-state index >= 15 is 4.39 Å². The van der Waals surface area contributed by atoms with Gasteiger partial charge in [-0.2, -0.15) is 0 Å². The van der Waals surface area contributed by atoms with E-state index in [4.69, 9.17) is 48.5 Å². The van der Waals surface area contributed by atoms with Crippen molar-refractivity contribution >= 4 is 76.3 Å². The summed E-state index contributed by atoms with van der Waals surface area (Å²) < 4.78 is 93.8. The van der Waals surface area contributed by atoms with E-state index in [1.165, 1.54) is 34.4 Å². The summed E-state index contributed by atoms with van der Waals surface area (Å²) in [5.41, 5.74) is 12.6. The van der Waals surface area contributed by atoms with Gasteiger partial charge in [0.25, 0.3) is 0 Å². The molecule has 5 N–H and O–H groups in total. The number of halogens is 1. The van der Waals surface area contributed by atoms with Gasteiger partial charge in [0.1, 0.15) is 60.2 Å². The lowest BCUT2D eigenvalue weighted by molar-refractivity contribution is -0.0567.